The van der Waals surface area contributed by atoms with Crippen molar-refractivity contribution in [2.75, 3.05) is 24.1 Å². The highest BCUT2D eigenvalue weighted by Crippen LogP contribution is 2.24. The third-order valence-electron chi connectivity index (χ3n) is 3.17. The Balaban J connectivity index is 2.98. The van der Waals surface area contributed by atoms with E-state index in [2.05, 4.69) is 5.32 Å². The summed E-state index contributed by atoms with van der Waals surface area (Å²) in [5, 5.41) is 2.99. The van der Waals surface area contributed by atoms with E-state index in [9.17, 15) is 9.59 Å². The minimum Gasteiger partial charge on any atom is -0.397 e. The zero-order chi connectivity index (χ0) is 15.3. The molecule has 0 aliphatic rings. The van der Waals surface area contributed by atoms with Crippen LogP contribution >= 0.6 is 0 Å². The van der Waals surface area contributed by atoms with Crippen LogP contribution in [0.5, 0.6) is 0 Å². The van der Waals surface area contributed by atoms with Crippen molar-refractivity contribution in [3.8, 4) is 0 Å². The van der Waals surface area contributed by atoms with Gasteiger partial charge in [0.25, 0.3) is 5.91 Å². The molecule has 1 aromatic carbocycles. The first-order valence-electron chi connectivity index (χ1n) is 6.65. The molecule has 0 heterocycles. The van der Waals surface area contributed by atoms with Gasteiger partial charge in [0.2, 0.25) is 5.91 Å². The van der Waals surface area contributed by atoms with Crippen molar-refractivity contribution in [3.05, 3.63) is 23.8 Å². The lowest BCUT2D eigenvalue weighted by Gasteiger charge is -2.25. The lowest BCUT2D eigenvalue weighted by molar-refractivity contribution is -0.131. The number of nitrogens with two attached hydrogens (primary N) is 2. The van der Waals surface area contributed by atoms with E-state index in [4.69, 9.17) is 11.5 Å². The van der Waals surface area contributed by atoms with Gasteiger partial charge in [0.1, 0.15) is 6.04 Å². The van der Waals surface area contributed by atoms with Crippen molar-refractivity contribution in [2.24, 2.45) is 5.73 Å². The van der Waals surface area contributed by atoms with E-state index < -0.39 is 11.9 Å². The van der Waals surface area contributed by atoms with E-state index in [1.807, 2.05) is 13.8 Å². The van der Waals surface area contributed by atoms with Crippen LogP contribution in [0.25, 0.3) is 0 Å². The number of nitrogens with zero attached hydrogens (tertiary/aromatic N) is 1. The van der Waals surface area contributed by atoms with Crippen molar-refractivity contribution in [3.63, 3.8) is 0 Å². The summed E-state index contributed by atoms with van der Waals surface area (Å²) in [4.78, 5) is 25.3. The molecule has 5 N–H and O–H groups in total. The highest BCUT2D eigenvalue weighted by atomic mass is 16.2. The van der Waals surface area contributed by atoms with E-state index in [0.717, 1.165) is 0 Å². The Hall–Kier alpha value is -2.24. The third kappa shape index (κ3) is 3.40. The molecule has 0 aliphatic heterocycles. The number of benzene rings is 1. The maximum absolute atomic E-state index is 12.2. The lowest BCUT2D eigenvalue weighted by atomic mass is 10.1. The van der Waals surface area contributed by atoms with Crippen LogP contribution in [0.15, 0.2) is 18.2 Å². The van der Waals surface area contributed by atoms with Crippen molar-refractivity contribution < 1.29 is 9.59 Å². The first-order valence-corrected chi connectivity index (χ1v) is 6.65. The first-order chi connectivity index (χ1) is 9.42. The number of nitrogens with one attached hydrogen (secondary N) is 1. The Morgan fingerprint density at radius 1 is 1.30 bits per heavy atom. The predicted molar refractivity (Wildman–Crippen MR) is 80.4 cm³/mol. The number of hydrogen-bond acceptors (Lipinski definition) is 4. The highest BCUT2D eigenvalue weighted by Gasteiger charge is 2.20. The molecular formula is C14H22N4O2. The molecule has 110 valence electrons. The summed E-state index contributed by atoms with van der Waals surface area (Å²) in [6.07, 6.45) is 0. The molecule has 20 heavy (non-hydrogen) atoms. The normalized spacial score (nSPS) is 11.8. The Bertz CT molecular complexity index is 498. The van der Waals surface area contributed by atoms with Gasteiger partial charge in [-0.1, -0.05) is 6.07 Å². The van der Waals surface area contributed by atoms with Crippen LogP contribution in [0.2, 0.25) is 0 Å². The van der Waals surface area contributed by atoms with Crippen molar-refractivity contribution in [1.29, 1.82) is 0 Å². The van der Waals surface area contributed by atoms with Crippen LogP contribution in [0.3, 0.4) is 0 Å². The molecule has 1 rings (SSSR count). The van der Waals surface area contributed by atoms with Gasteiger partial charge in [-0.15, -0.1) is 0 Å². The maximum Gasteiger partial charge on any atom is 0.250 e. The molecule has 0 radical (unpaired) electrons. The van der Waals surface area contributed by atoms with Gasteiger partial charge in [-0.05, 0) is 32.9 Å². The Morgan fingerprint density at radius 2 is 1.90 bits per heavy atom. The zero-order valence-corrected chi connectivity index (χ0v) is 12.1. The SMILES string of the molecule is CCN(CC)C(=O)C(C)Nc1c(N)cccc1C(N)=O. The second kappa shape index (κ2) is 6.79. The second-order valence-corrected chi connectivity index (χ2v) is 4.51. The summed E-state index contributed by atoms with van der Waals surface area (Å²) in [5.74, 6) is -0.629. The van der Waals surface area contributed by atoms with E-state index in [-0.39, 0.29) is 11.5 Å². The van der Waals surface area contributed by atoms with Crippen molar-refractivity contribution in [1.82, 2.24) is 4.90 Å². The van der Waals surface area contributed by atoms with E-state index >= 15 is 0 Å². The number of hydrogen-bond donors (Lipinski definition) is 3. The Kier molecular flexibility index (Phi) is 5.37. The van der Waals surface area contributed by atoms with Crippen LogP contribution in [-0.2, 0) is 4.79 Å². The molecule has 6 heteroatoms. The molecular weight excluding hydrogens is 256 g/mol. The van der Waals surface area contributed by atoms with Crippen LogP contribution in [0.4, 0.5) is 11.4 Å². The number of primary amides is 1. The number of anilines is 2. The minimum absolute atomic E-state index is 0.0475. The lowest BCUT2D eigenvalue weighted by Crippen LogP contribution is -2.41. The fraction of sp³-hybridized carbons (Fsp3) is 0.429. The van der Waals surface area contributed by atoms with Crippen LogP contribution < -0.4 is 16.8 Å². The number of nitrogen functional groups attached to an aromatic ring is 1. The molecule has 0 spiro atoms. The summed E-state index contributed by atoms with van der Waals surface area (Å²) in [7, 11) is 0. The molecule has 1 atom stereocenters. The average Bonchev–Trinajstić information content (AvgIpc) is 2.41. The predicted octanol–water partition coefficient (Wildman–Crippen LogP) is 1.04. The topological polar surface area (TPSA) is 101 Å². The second-order valence-electron chi connectivity index (χ2n) is 4.51. The molecule has 0 aromatic heterocycles. The minimum atomic E-state index is -0.581. The summed E-state index contributed by atoms with van der Waals surface area (Å²) in [5.41, 5.74) is 12.3. The summed E-state index contributed by atoms with van der Waals surface area (Å²) < 4.78 is 0. The monoisotopic (exact) mass is 278 g/mol. The summed E-state index contributed by atoms with van der Waals surface area (Å²) in [6.45, 7) is 6.83. The smallest absolute Gasteiger partial charge is 0.250 e. The summed E-state index contributed by atoms with van der Waals surface area (Å²) in [6, 6.07) is 4.40. The molecule has 0 saturated heterocycles. The third-order valence-corrected chi connectivity index (χ3v) is 3.17. The number of rotatable bonds is 6. The first kappa shape index (κ1) is 15.8. The van der Waals surface area contributed by atoms with Gasteiger partial charge in [0.15, 0.2) is 0 Å². The number of para-hydroxylation sites is 1. The van der Waals surface area contributed by atoms with Crippen LogP contribution in [0, 0.1) is 0 Å². The quantitative estimate of drug-likeness (QED) is 0.676. The van der Waals surface area contributed by atoms with Gasteiger partial charge in [-0.25, -0.2) is 0 Å². The van der Waals surface area contributed by atoms with Gasteiger partial charge >= 0.3 is 0 Å². The Morgan fingerprint density at radius 3 is 2.40 bits per heavy atom. The van der Waals surface area contributed by atoms with Gasteiger partial charge in [0.05, 0.1) is 16.9 Å². The molecule has 0 fully saturated rings. The molecule has 2 amide bonds. The van der Waals surface area contributed by atoms with Crippen molar-refractivity contribution in [2.45, 2.75) is 26.8 Å². The van der Waals surface area contributed by atoms with Crippen molar-refractivity contribution >= 4 is 23.2 Å². The van der Waals surface area contributed by atoms with Gasteiger partial charge in [-0.3, -0.25) is 9.59 Å². The maximum atomic E-state index is 12.2. The molecule has 0 saturated carbocycles. The zero-order valence-electron chi connectivity index (χ0n) is 12.1. The van der Waals surface area contributed by atoms with E-state index in [0.29, 0.717) is 24.5 Å². The fourth-order valence-electron chi connectivity index (χ4n) is 2.02. The van der Waals surface area contributed by atoms with Gasteiger partial charge in [-0.2, -0.15) is 0 Å². The molecule has 1 unspecified atom stereocenters. The molecule has 6 nitrogen and oxygen atoms in total. The fourth-order valence-corrected chi connectivity index (χ4v) is 2.02. The number of likely N-dealkylation sites (N-methyl/N-ethyl adjacent to an activating group) is 1. The largest absolute Gasteiger partial charge is 0.397 e. The number of carbonyl (C=O) groups is 2. The molecule has 0 bridgehead atoms. The van der Waals surface area contributed by atoms with Crippen LogP contribution in [-0.4, -0.2) is 35.8 Å². The van der Waals surface area contributed by atoms with E-state index in [1.165, 1.54) is 0 Å². The average molecular weight is 278 g/mol. The molecule has 1 aromatic rings. The molecule has 0 aliphatic carbocycles. The Labute approximate surface area is 119 Å². The van der Waals surface area contributed by atoms with Gasteiger partial charge < -0.3 is 21.7 Å². The number of carbonyl (C=O) groups excluding carboxylic acids is 2. The standard InChI is InChI=1S/C14H22N4O2/c1-4-18(5-2)14(20)9(3)17-12-10(13(16)19)7-6-8-11(12)15/h6-9,17H,4-5,15H2,1-3H3,(H2,16,19). The highest BCUT2D eigenvalue weighted by molar-refractivity contribution is 6.02. The van der Waals surface area contributed by atoms with Crippen LogP contribution in [0.1, 0.15) is 31.1 Å². The number of amides is 2. The summed E-state index contributed by atoms with van der Waals surface area (Å²) >= 11 is 0. The van der Waals surface area contributed by atoms with Gasteiger partial charge in [0, 0.05) is 13.1 Å². The van der Waals surface area contributed by atoms with E-state index in [1.54, 1.807) is 30.0 Å².